The number of thiophene rings is 1. The highest BCUT2D eigenvalue weighted by Crippen LogP contribution is 2.31. The number of rotatable bonds is 5. The molecule has 0 bridgehead atoms. The van der Waals surface area contributed by atoms with Crippen molar-refractivity contribution in [2.75, 3.05) is 0 Å². The van der Waals surface area contributed by atoms with Gasteiger partial charge in [-0.2, -0.15) is 0 Å². The molecule has 0 unspecified atom stereocenters. The van der Waals surface area contributed by atoms with E-state index in [1.165, 1.54) is 16.0 Å². The van der Waals surface area contributed by atoms with Gasteiger partial charge in [0.25, 0.3) is 0 Å². The fraction of sp³-hybridized carbons (Fsp3) is 0.211. The molecule has 3 nitrogen and oxygen atoms in total. The van der Waals surface area contributed by atoms with Gasteiger partial charge in [-0.15, -0.1) is 11.3 Å². The van der Waals surface area contributed by atoms with Gasteiger partial charge in [0.1, 0.15) is 0 Å². The highest BCUT2D eigenvalue weighted by Gasteiger charge is 2.14. The van der Waals surface area contributed by atoms with Gasteiger partial charge < -0.3 is 9.67 Å². The second-order valence-electron chi connectivity index (χ2n) is 5.76. The molecule has 0 saturated heterocycles. The van der Waals surface area contributed by atoms with Crippen LogP contribution in [0.5, 0.6) is 0 Å². The number of hydrogen-bond donors (Lipinski definition) is 1. The second-order valence-corrected chi connectivity index (χ2v) is 6.71. The summed E-state index contributed by atoms with van der Waals surface area (Å²) in [6, 6.07) is 14.7. The van der Waals surface area contributed by atoms with Crippen LogP contribution in [-0.4, -0.2) is 15.6 Å². The highest BCUT2D eigenvalue weighted by atomic mass is 32.1. The topological polar surface area (TPSA) is 42.2 Å². The van der Waals surface area contributed by atoms with Gasteiger partial charge in [0.15, 0.2) is 0 Å². The van der Waals surface area contributed by atoms with Crippen LogP contribution < -0.4 is 0 Å². The number of nitrogens with zero attached hydrogens (tertiary/aromatic N) is 1. The molecule has 0 saturated carbocycles. The maximum Gasteiger partial charge on any atom is 0.303 e. The number of hydrogen-bond acceptors (Lipinski definition) is 2. The SMILES string of the molecule is Cc1cc(C)cc(-n2c(CCC(=O)O)ccc2-c2cccs2)c1. The van der Waals surface area contributed by atoms with Gasteiger partial charge in [-0.3, -0.25) is 4.79 Å². The molecule has 0 radical (unpaired) electrons. The van der Waals surface area contributed by atoms with E-state index in [-0.39, 0.29) is 6.42 Å². The summed E-state index contributed by atoms with van der Waals surface area (Å²) >= 11 is 1.69. The van der Waals surface area contributed by atoms with Crippen molar-refractivity contribution in [3.05, 3.63) is 64.7 Å². The van der Waals surface area contributed by atoms with Gasteiger partial charge in [0.05, 0.1) is 17.0 Å². The first-order valence-electron chi connectivity index (χ1n) is 7.59. The number of carboxylic acids is 1. The van der Waals surface area contributed by atoms with E-state index < -0.39 is 5.97 Å². The van der Waals surface area contributed by atoms with Gasteiger partial charge in [-0.25, -0.2) is 0 Å². The van der Waals surface area contributed by atoms with E-state index in [1.54, 1.807) is 11.3 Å². The molecule has 3 aromatic rings. The van der Waals surface area contributed by atoms with Crippen LogP contribution in [0.2, 0.25) is 0 Å². The zero-order chi connectivity index (χ0) is 16.4. The summed E-state index contributed by atoms with van der Waals surface area (Å²) in [5.41, 5.74) is 5.65. The summed E-state index contributed by atoms with van der Waals surface area (Å²) in [6.07, 6.45) is 0.659. The summed E-state index contributed by atoms with van der Waals surface area (Å²) in [4.78, 5) is 12.1. The van der Waals surface area contributed by atoms with Crippen LogP contribution in [-0.2, 0) is 11.2 Å². The minimum atomic E-state index is -0.768. The average molecular weight is 325 g/mol. The van der Waals surface area contributed by atoms with Crippen LogP contribution in [0.3, 0.4) is 0 Å². The van der Waals surface area contributed by atoms with Gasteiger partial charge in [0, 0.05) is 11.4 Å². The molecule has 0 amide bonds. The van der Waals surface area contributed by atoms with Gasteiger partial charge in [-0.05, 0) is 67.1 Å². The minimum absolute atomic E-state index is 0.138. The van der Waals surface area contributed by atoms with Crippen LogP contribution in [0.15, 0.2) is 47.8 Å². The Bertz CT molecular complexity index is 811. The Labute approximate surface area is 139 Å². The van der Waals surface area contributed by atoms with E-state index in [0.717, 1.165) is 17.1 Å². The summed E-state index contributed by atoms with van der Waals surface area (Å²) in [5, 5.41) is 11.1. The van der Waals surface area contributed by atoms with Crippen molar-refractivity contribution >= 4 is 17.3 Å². The summed E-state index contributed by atoms with van der Waals surface area (Å²) < 4.78 is 2.19. The third-order valence-electron chi connectivity index (χ3n) is 3.79. The predicted molar refractivity (Wildman–Crippen MR) is 94.5 cm³/mol. The zero-order valence-corrected chi connectivity index (χ0v) is 14.1. The van der Waals surface area contributed by atoms with Gasteiger partial charge in [-0.1, -0.05) is 12.1 Å². The van der Waals surface area contributed by atoms with E-state index in [1.807, 2.05) is 12.1 Å². The Balaban J connectivity index is 2.14. The van der Waals surface area contributed by atoms with Crippen molar-refractivity contribution in [3.63, 3.8) is 0 Å². The predicted octanol–water partition coefficient (Wildman–Crippen LogP) is 4.84. The van der Waals surface area contributed by atoms with Gasteiger partial charge >= 0.3 is 5.97 Å². The molecule has 1 aromatic carbocycles. The fourth-order valence-corrected chi connectivity index (χ4v) is 3.65. The van der Waals surface area contributed by atoms with Crippen LogP contribution in [0.25, 0.3) is 16.3 Å². The molecule has 0 aliphatic heterocycles. The number of carboxylic acid groups (broad SMARTS) is 1. The number of aromatic nitrogens is 1. The number of aliphatic carboxylic acids is 1. The summed E-state index contributed by atoms with van der Waals surface area (Å²) in [6.45, 7) is 4.17. The number of benzene rings is 1. The van der Waals surface area contributed by atoms with Crippen molar-refractivity contribution < 1.29 is 9.90 Å². The normalized spacial score (nSPS) is 10.9. The third kappa shape index (κ3) is 3.37. The Morgan fingerprint density at radius 2 is 1.87 bits per heavy atom. The monoisotopic (exact) mass is 325 g/mol. The lowest BCUT2D eigenvalue weighted by Crippen LogP contribution is -2.05. The zero-order valence-electron chi connectivity index (χ0n) is 13.2. The van der Waals surface area contributed by atoms with Crippen molar-refractivity contribution in [2.45, 2.75) is 26.7 Å². The molecular formula is C19H19NO2S. The van der Waals surface area contributed by atoms with E-state index >= 15 is 0 Å². The van der Waals surface area contributed by atoms with Crippen molar-refractivity contribution in [1.29, 1.82) is 0 Å². The molecule has 2 heterocycles. The molecule has 4 heteroatoms. The molecule has 0 fully saturated rings. The first-order chi connectivity index (χ1) is 11.0. The highest BCUT2D eigenvalue weighted by molar-refractivity contribution is 7.13. The first kappa shape index (κ1) is 15.6. The van der Waals surface area contributed by atoms with Crippen molar-refractivity contribution in [2.24, 2.45) is 0 Å². The van der Waals surface area contributed by atoms with Crippen molar-refractivity contribution in [3.8, 4) is 16.3 Å². The molecule has 23 heavy (non-hydrogen) atoms. The fourth-order valence-electron chi connectivity index (χ4n) is 2.91. The van der Waals surface area contributed by atoms with Crippen molar-refractivity contribution in [1.82, 2.24) is 4.57 Å². The number of carbonyl (C=O) groups is 1. The quantitative estimate of drug-likeness (QED) is 0.729. The lowest BCUT2D eigenvalue weighted by atomic mass is 10.1. The maximum atomic E-state index is 11.0. The first-order valence-corrected chi connectivity index (χ1v) is 8.47. The van der Waals surface area contributed by atoms with Crippen LogP contribution in [0.4, 0.5) is 0 Å². The Morgan fingerprint density at radius 3 is 2.48 bits per heavy atom. The van der Waals surface area contributed by atoms with E-state index in [0.29, 0.717) is 6.42 Å². The Hall–Kier alpha value is -2.33. The third-order valence-corrected chi connectivity index (χ3v) is 4.69. The molecule has 0 spiro atoms. The Morgan fingerprint density at radius 1 is 1.13 bits per heavy atom. The molecule has 3 rings (SSSR count). The second kappa shape index (κ2) is 6.42. The Kier molecular flexibility index (Phi) is 4.35. The summed E-state index contributed by atoms with van der Waals surface area (Å²) in [7, 11) is 0. The van der Waals surface area contributed by atoms with E-state index in [2.05, 4.69) is 54.1 Å². The summed E-state index contributed by atoms with van der Waals surface area (Å²) in [5.74, 6) is -0.768. The molecule has 1 N–H and O–H groups in total. The molecule has 0 atom stereocenters. The smallest absolute Gasteiger partial charge is 0.303 e. The van der Waals surface area contributed by atoms with Crippen LogP contribution in [0.1, 0.15) is 23.2 Å². The van der Waals surface area contributed by atoms with E-state index in [9.17, 15) is 4.79 Å². The standard InChI is InChI=1S/C19H19NO2S/c1-13-10-14(2)12-16(11-13)20-15(6-8-19(21)22)5-7-17(20)18-4-3-9-23-18/h3-5,7,9-12H,6,8H2,1-2H3,(H,21,22). The molecule has 2 aromatic heterocycles. The largest absolute Gasteiger partial charge is 0.481 e. The van der Waals surface area contributed by atoms with E-state index in [4.69, 9.17) is 5.11 Å². The lowest BCUT2D eigenvalue weighted by molar-refractivity contribution is -0.136. The molecule has 0 aliphatic carbocycles. The van der Waals surface area contributed by atoms with Crippen LogP contribution >= 0.6 is 11.3 Å². The van der Waals surface area contributed by atoms with Gasteiger partial charge in [0.2, 0.25) is 0 Å². The minimum Gasteiger partial charge on any atom is -0.481 e. The molecule has 118 valence electrons. The number of aryl methyl sites for hydroxylation is 3. The molecular weight excluding hydrogens is 306 g/mol. The lowest BCUT2D eigenvalue weighted by Gasteiger charge is -2.14. The maximum absolute atomic E-state index is 11.0. The van der Waals surface area contributed by atoms with Crippen LogP contribution in [0, 0.1) is 13.8 Å². The molecule has 0 aliphatic rings. The average Bonchev–Trinajstić information content (AvgIpc) is 3.13.